The Morgan fingerprint density at radius 3 is 2.50 bits per heavy atom. The van der Waals surface area contributed by atoms with Crippen LogP contribution in [-0.2, 0) is 6.54 Å². The molecule has 0 aliphatic heterocycles. The zero-order valence-electron chi connectivity index (χ0n) is 12.2. The van der Waals surface area contributed by atoms with Crippen LogP contribution >= 0.6 is 0 Å². The molecule has 1 fully saturated rings. The summed E-state index contributed by atoms with van der Waals surface area (Å²) < 4.78 is 0. The third-order valence-electron chi connectivity index (χ3n) is 3.11. The largest absolute Gasteiger partial charge is 0.365 e. The molecule has 3 heteroatoms. The van der Waals surface area contributed by atoms with E-state index in [4.69, 9.17) is 0 Å². The Hall–Kier alpha value is -1.09. The molecular weight excluding hydrogens is 222 g/mol. The molecule has 1 aromatic heterocycles. The molecule has 0 saturated heterocycles. The number of aromatic nitrogens is 1. The molecule has 2 rings (SSSR count). The van der Waals surface area contributed by atoms with E-state index in [-0.39, 0.29) is 5.54 Å². The van der Waals surface area contributed by atoms with Crippen molar-refractivity contribution in [1.29, 1.82) is 0 Å². The maximum absolute atomic E-state index is 4.67. The highest BCUT2D eigenvalue weighted by Gasteiger charge is 2.22. The Morgan fingerprint density at radius 2 is 1.94 bits per heavy atom. The number of hydrogen-bond acceptors (Lipinski definition) is 3. The minimum absolute atomic E-state index is 0.0432. The second kappa shape index (κ2) is 4.88. The van der Waals surface area contributed by atoms with Gasteiger partial charge in [-0.15, -0.1) is 0 Å². The van der Waals surface area contributed by atoms with Crippen molar-refractivity contribution in [1.82, 2.24) is 10.3 Å². The topological polar surface area (TPSA) is 37.0 Å². The van der Waals surface area contributed by atoms with Crippen LogP contribution in [0.4, 0.5) is 5.82 Å². The third-order valence-corrected chi connectivity index (χ3v) is 3.11. The first kappa shape index (κ1) is 13.3. The predicted molar refractivity (Wildman–Crippen MR) is 76.9 cm³/mol. The molecule has 1 aliphatic rings. The normalized spacial score (nSPS) is 15.8. The van der Waals surface area contributed by atoms with Gasteiger partial charge in [0.2, 0.25) is 0 Å². The summed E-state index contributed by atoms with van der Waals surface area (Å²) in [5, 5.41) is 7.10. The smallest absolute Gasteiger partial charge is 0.131 e. The number of aryl methyl sites for hydroxylation is 2. The van der Waals surface area contributed by atoms with Crippen LogP contribution in [0.5, 0.6) is 0 Å². The summed E-state index contributed by atoms with van der Waals surface area (Å²) in [5.74, 6) is 1.04. The van der Waals surface area contributed by atoms with Gasteiger partial charge in [0, 0.05) is 29.4 Å². The fourth-order valence-electron chi connectivity index (χ4n) is 2.08. The van der Waals surface area contributed by atoms with Crippen molar-refractivity contribution >= 4 is 5.82 Å². The highest BCUT2D eigenvalue weighted by atomic mass is 15.1. The number of anilines is 1. The van der Waals surface area contributed by atoms with Crippen LogP contribution in [0.15, 0.2) is 6.07 Å². The van der Waals surface area contributed by atoms with Crippen molar-refractivity contribution in [2.75, 3.05) is 5.32 Å². The summed E-state index contributed by atoms with van der Waals surface area (Å²) in [7, 11) is 0. The van der Waals surface area contributed by atoms with E-state index in [1.54, 1.807) is 0 Å². The van der Waals surface area contributed by atoms with E-state index < -0.39 is 0 Å². The molecule has 1 heterocycles. The second-order valence-electron chi connectivity index (χ2n) is 6.44. The molecule has 0 unspecified atom stereocenters. The van der Waals surface area contributed by atoms with Gasteiger partial charge in [-0.3, -0.25) is 0 Å². The predicted octanol–water partition coefficient (Wildman–Crippen LogP) is 3.16. The van der Waals surface area contributed by atoms with Gasteiger partial charge in [-0.1, -0.05) is 0 Å². The van der Waals surface area contributed by atoms with Crippen molar-refractivity contribution in [3.63, 3.8) is 0 Å². The summed E-state index contributed by atoms with van der Waals surface area (Å²) in [5.41, 5.74) is 3.75. The van der Waals surface area contributed by atoms with Crippen molar-refractivity contribution in [3.8, 4) is 0 Å². The summed E-state index contributed by atoms with van der Waals surface area (Å²) in [4.78, 5) is 4.67. The highest BCUT2D eigenvalue weighted by molar-refractivity contribution is 5.50. The zero-order valence-corrected chi connectivity index (χ0v) is 12.2. The first-order valence-electron chi connectivity index (χ1n) is 6.84. The molecule has 0 bridgehead atoms. The van der Waals surface area contributed by atoms with E-state index in [1.165, 1.54) is 24.0 Å². The van der Waals surface area contributed by atoms with Gasteiger partial charge in [-0.25, -0.2) is 4.98 Å². The second-order valence-corrected chi connectivity index (χ2v) is 6.44. The fraction of sp³-hybridized carbons (Fsp3) is 0.667. The number of hydrogen-bond donors (Lipinski definition) is 2. The summed E-state index contributed by atoms with van der Waals surface area (Å²) in [6.45, 7) is 11.7. The average molecular weight is 247 g/mol. The van der Waals surface area contributed by atoms with Crippen molar-refractivity contribution in [2.45, 2.75) is 65.6 Å². The fourth-order valence-corrected chi connectivity index (χ4v) is 2.08. The van der Waals surface area contributed by atoms with Crippen LogP contribution in [0.3, 0.4) is 0 Å². The lowest BCUT2D eigenvalue weighted by molar-refractivity contribution is 0.623. The molecule has 1 aromatic rings. The summed E-state index contributed by atoms with van der Waals surface area (Å²) in [6, 6.07) is 2.89. The molecule has 18 heavy (non-hydrogen) atoms. The van der Waals surface area contributed by atoms with Gasteiger partial charge in [-0.05, 0) is 59.1 Å². The van der Waals surface area contributed by atoms with E-state index >= 15 is 0 Å². The standard InChI is InChI=1S/C15H25N3/c1-10-8-11(2)17-14(18-15(3,4)5)13(10)9-16-12-6-7-12/h8,12,16H,6-7,9H2,1-5H3,(H,17,18). The lowest BCUT2D eigenvalue weighted by Gasteiger charge is -2.24. The van der Waals surface area contributed by atoms with Crippen LogP contribution in [0.2, 0.25) is 0 Å². The quantitative estimate of drug-likeness (QED) is 0.858. The lowest BCUT2D eigenvalue weighted by atomic mass is 10.1. The van der Waals surface area contributed by atoms with E-state index in [1.807, 2.05) is 0 Å². The summed E-state index contributed by atoms with van der Waals surface area (Å²) in [6.07, 6.45) is 2.64. The lowest BCUT2D eigenvalue weighted by Crippen LogP contribution is -2.29. The Kier molecular flexibility index (Phi) is 3.62. The zero-order chi connectivity index (χ0) is 13.3. The number of pyridine rings is 1. The summed E-state index contributed by atoms with van der Waals surface area (Å²) >= 11 is 0. The number of rotatable bonds is 4. The maximum atomic E-state index is 4.67. The third kappa shape index (κ3) is 3.70. The van der Waals surface area contributed by atoms with Gasteiger partial charge in [-0.2, -0.15) is 0 Å². The molecule has 0 amide bonds. The molecule has 1 aliphatic carbocycles. The average Bonchev–Trinajstić information content (AvgIpc) is 2.97. The Morgan fingerprint density at radius 1 is 1.28 bits per heavy atom. The molecule has 0 spiro atoms. The van der Waals surface area contributed by atoms with Crippen LogP contribution in [0, 0.1) is 13.8 Å². The number of nitrogens with one attached hydrogen (secondary N) is 2. The molecule has 3 nitrogen and oxygen atoms in total. The molecule has 0 atom stereocenters. The van der Waals surface area contributed by atoms with E-state index in [9.17, 15) is 0 Å². The van der Waals surface area contributed by atoms with Gasteiger partial charge in [0.05, 0.1) is 0 Å². The van der Waals surface area contributed by atoms with Crippen LogP contribution in [0.25, 0.3) is 0 Å². The first-order chi connectivity index (χ1) is 8.35. The minimum atomic E-state index is 0.0432. The number of nitrogens with zero attached hydrogens (tertiary/aromatic N) is 1. The molecule has 2 N–H and O–H groups in total. The molecule has 100 valence electrons. The van der Waals surface area contributed by atoms with Crippen LogP contribution < -0.4 is 10.6 Å². The van der Waals surface area contributed by atoms with E-state index in [0.717, 1.165) is 24.1 Å². The van der Waals surface area contributed by atoms with Gasteiger partial charge in [0.25, 0.3) is 0 Å². The van der Waals surface area contributed by atoms with Crippen LogP contribution in [0.1, 0.15) is 50.4 Å². The highest BCUT2D eigenvalue weighted by Crippen LogP contribution is 2.24. The molecule has 0 radical (unpaired) electrons. The first-order valence-corrected chi connectivity index (χ1v) is 6.84. The monoisotopic (exact) mass is 247 g/mol. The van der Waals surface area contributed by atoms with Gasteiger partial charge < -0.3 is 10.6 Å². The van der Waals surface area contributed by atoms with Crippen molar-refractivity contribution < 1.29 is 0 Å². The molecule has 0 aromatic carbocycles. The Balaban J connectivity index is 2.22. The molecular formula is C15H25N3. The van der Waals surface area contributed by atoms with Gasteiger partial charge in [0.1, 0.15) is 5.82 Å². The van der Waals surface area contributed by atoms with Crippen molar-refractivity contribution in [3.05, 3.63) is 22.9 Å². The van der Waals surface area contributed by atoms with E-state index in [0.29, 0.717) is 0 Å². The van der Waals surface area contributed by atoms with Gasteiger partial charge >= 0.3 is 0 Å². The minimum Gasteiger partial charge on any atom is -0.365 e. The Labute approximate surface area is 110 Å². The van der Waals surface area contributed by atoms with Crippen molar-refractivity contribution in [2.24, 2.45) is 0 Å². The SMILES string of the molecule is Cc1cc(C)c(CNC2CC2)c(NC(C)(C)C)n1. The van der Waals surface area contributed by atoms with Crippen LogP contribution in [-0.4, -0.2) is 16.6 Å². The van der Waals surface area contributed by atoms with Gasteiger partial charge in [0.15, 0.2) is 0 Å². The maximum Gasteiger partial charge on any atom is 0.131 e. The Bertz CT molecular complexity index is 428. The van der Waals surface area contributed by atoms with E-state index in [2.05, 4.69) is 56.3 Å². The molecule has 1 saturated carbocycles.